The maximum absolute atomic E-state index is 11.8. The van der Waals surface area contributed by atoms with Crippen LogP contribution in [0.1, 0.15) is 13.8 Å². The third-order valence-electron chi connectivity index (χ3n) is 1.95. The third kappa shape index (κ3) is 4.13. The van der Waals surface area contributed by atoms with Gasteiger partial charge in [0, 0.05) is 24.9 Å². The molecule has 0 saturated carbocycles. The zero-order chi connectivity index (χ0) is 12.0. The van der Waals surface area contributed by atoms with E-state index in [-0.39, 0.29) is 5.91 Å². The van der Waals surface area contributed by atoms with Crippen LogP contribution in [0.4, 0.5) is 0 Å². The summed E-state index contributed by atoms with van der Waals surface area (Å²) < 4.78 is 4.94. The summed E-state index contributed by atoms with van der Waals surface area (Å²) in [6.07, 6.45) is 0. The molecule has 0 unspecified atom stereocenters. The normalized spacial score (nSPS) is 9.53. The zero-order valence-corrected chi connectivity index (χ0v) is 9.80. The molecule has 0 bridgehead atoms. The molecule has 0 aromatic carbocycles. The molecule has 0 heterocycles. The molecular formula is C12H19NO2. The largest absolute Gasteiger partial charge is 0.383 e. The highest BCUT2D eigenvalue weighted by Gasteiger charge is 2.16. The van der Waals surface area contributed by atoms with E-state index >= 15 is 0 Å². The molecule has 84 valence electrons. The van der Waals surface area contributed by atoms with Crippen molar-refractivity contribution >= 4 is 5.91 Å². The zero-order valence-electron chi connectivity index (χ0n) is 9.80. The van der Waals surface area contributed by atoms with Crippen molar-refractivity contribution in [1.29, 1.82) is 0 Å². The molecule has 0 aliphatic heterocycles. The predicted octanol–water partition coefficient (Wildman–Crippen LogP) is 2.13. The SMILES string of the molecule is C=C(C)C(=C)N(CCOC)C(=O)C(=C)C. The minimum Gasteiger partial charge on any atom is -0.383 e. The van der Waals surface area contributed by atoms with Gasteiger partial charge in [0.1, 0.15) is 0 Å². The van der Waals surface area contributed by atoms with Crippen LogP contribution in [0.2, 0.25) is 0 Å². The van der Waals surface area contributed by atoms with E-state index in [1.54, 1.807) is 14.0 Å². The lowest BCUT2D eigenvalue weighted by atomic mass is 10.2. The summed E-state index contributed by atoms with van der Waals surface area (Å²) in [5.41, 5.74) is 1.86. The minimum absolute atomic E-state index is 0.139. The van der Waals surface area contributed by atoms with Gasteiger partial charge in [-0.05, 0) is 19.4 Å². The molecular weight excluding hydrogens is 190 g/mol. The number of hydrogen-bond acceptors (Lipinski definition) is 2. The molecule has 0 aliphatic carbocycles. The van der Waals surface area contributed by atoms with Crippen LogP contribution >= 0.6 is 0 Å². The topological polar surface area (TPSA) is 29.5 Å². The Morgan fingerprint density at radius 3 is 2.07 bits per heavy atom. The van der Waals surface area contributed by atoms with Crippen LogP contribution in [-0.2, 0) is 9.53 Å². The second-order valence-electron chi connectivity index (χ2n) is 3.46. The predicted molar refractivity (Wildman–Crippen MR) is 62.4 cm³/mol. The van der Waals surface area contributed by atoms with Crippen LogP contribution in [0, 0.1) is 0 Å². The molecule has 0 aromatic heterocycles. The van der Waals surface area contributed by atoms with E-state index in [0.717, 1.165) is 5.57 Å². The Bertz CT molecular complexity index is 266. The van der Waals surface area contributed by atoms with Gasteiger partial charge in [-0.1, -0.05) is 19.7 Å². The van der Waals surface area contributed by atoms with Crippen LogP contribution in [0.15, 0.2) is 36.6 Å². The van der Waals surface area contributed by atoms with Crippen molar-refractivity contribution in [2.24, 2.45) is 0 Å². The van der Waals surface area contributed by atoms with Crippen molar-refractivity contribution in [3.05, 3.63) is 36.6 Å². The lowest BCUT2D eigenvalue weighted by molar-refractivity contribution is -0.125. The summed E-state index contributed by atoms with van der Waals surface area (Å²) in [5, 5.41) is 0. The fourth-order valence-corrected chi connectivity index (χ4v) is 1.00. The summed E-state index contributed by atoms with van der Waals surface area (Å²) in [4.78, 5) is 13.3. The number of rotatable bonds is 6. The second-order valence-corrected chi connectivity index (χ2v) is 3.46. The van der Waals surface area contributed by atoms with E-state index < -0.39 is 0 Å². The number of carbonyl (C=O) groups excluding carboxylic acids is 1. The van der Waals surface area contributed by atoms with Gasteiger partial charge in [0.05, 0.1) is 6.61 Å². The molecule has 0 atom stereocenters. The monoisotopic (exact) mass is 209 g/mol. The highest BCUT2D eigenvalue weighted by atomic mass is 16.5. The standard InChI is InChI=1S/C12H19NO2/c1-9(2)11(5)13(7-8-15-6)12(14)10(3)4/h1,3,5,7-8H2,2,4,6H3. The van der Waals surface area contributed by atoms with Crippen LogP contribution in [-0.4, -0.2) is 31.1 Å². The van der Waals surface area contributed by atoms with Crippen LogP contribution in [0.5, 0.6) is 0 Å². The average Bonchev–Trinajstić information content (AvgIpc) is 2.17. The highest BCUT2D eigenvalue weighted by Crippen LogP contribution is 2.13. The first-order chi connectivity index (χ1) is 6.91. The molecule has 3 nitrogen and oxygen atoms in total. The number of carbonyl (C=O) groups is 1. The maximum atomic E-state index is 11.8. The van der Waals surface area contributed by atoms with Crippen molar-refractivity contribution in [2.75, 3.05) is 20.3 Å². The molecule has 0 spiro atoms. The van der Waals surface area contributed by atoms with Gasteiger partial charge in [-0.15, -0.1) is 0 Å². The summed E-state index contributed by atoms with van der Waals surface area (Å²) >= 11 is 0. The van der Waals surface area contributed by atoms with Crippen molar-refractivity contribution in [3.8, 4) is 0 Å². The molecule has 3 heteroatoms. The molecule has 0 rings (SSSR count). The van der Waals surface area contributed by atoms with Gasteiger partial charge in [-0.3, -0.25) is 4.79 Å². The first-order valence-corrected chi connectivity index (χ1v) is 4.73. The number of ether oxygens (including phenoxy) is 1. The van der Waals surface area contributed by atoms with E-state index in [0.29, 0.717) is 24.4 Å². The van der Waals surface area contributed by atoms with E-state index in [9.17, 15) is 4.79 Å². The molecule has 0 aliphatic rings. The first-order valence-electron chi connectivity index (χ1n) is 4.73. The highest BCUT2D eigenvalue weighted by molar-refractivity contribution is 5.93. The van der Waals surface area contributed by atoms with Crippen molar-refractivity contribution in [1.82, 2.24) is 4.90 Å². The molecule has 1 amide bonds. The Kier molecular flexibility index (Phi) is 5.64. The lowest BCUT2D eigenvalue weighted by Crippen LogP contribution is -2.33. The Labute approximate surface area is 91.7 Å². The average molecular weight is 209 g/mol. The quantitative estimate of drug-likeness (QED) is 0.495. The second kappa shape index (κ2) is 6.19. The lowest BCUT2D eigenvalue weighted by Gasteiger charge is -2.24. The van der Waals surface area contributed by atoms with Gasteiger partial charge in [-0.25, -0.2) is 0 Å². The molecule has 0 saturated heterocycles. The van der Waals surface area contributed by atoms with Crippen molar-refractivity contribution in [2.45, 2.75) is 13.8 Å². The fourth-order valence-electron chi connectivity index (χ4n) is 1.00. The summed E-state index contributed by atoms with van der Waals surface area (Å²) in [5.74, 6) is -0.139. The van der Waals surface area contributed by atoms with Gasteiger partial charge in [0.25, 0.3) is 5.91 Å². The van der Waals surface area contributed by atoms with Crippen LogP contribution < -0.4 is 0 Å². The fraction of sp³-hybridized carbons (Fsp3) is 0.417. The Balaban J connectivity index is 4.72. The van der Waals surface area contributed by atoms with Gasteiger partial charge < -0.3 is 9.64 Å². The van der Waals surface area contributed by atoms with E-state index in [1.807, 2.05) is 6.92 Å². The van der Waals surface area contributed by atoms with Crippen molar-refractivity contribution < 1.29 is 9.53 Å². The summed E-state index contributed by atoms with van der Waals surface area (Å²) in [6.45, 7) is 15.6. The Morgan fingerprint density at radius 2 is 1.73 bits per heavy atom. The first kappa shape index (κ1) is 13.7. The Morgan fingerprint density at radius 1 is 1.20 bits per heavy atom. The van der Waals surface area contributed by atoms with E-state index in [2.05, 4.69) is 19.7 Å². The number of amides is 1. The van der Waals surface area contributed by atoms with Crippen LogP contribution in [0.25, 0.3) is 0 Å². The Hall–Kier alpha value is -1.35. The van der Waals surface area contributed by atoms with Crippen LogP contribution in [0.3, 0.4) is 0 Å². The van der Waals surface area contributed by atoms with E-state index in [4.69, 9.17) is 4.74 Å². The molecule has 0 aromatic rings. The molecule has 0 fully saturated rings. The number of nitrogens with zero attached hydrogens (tertiary/aromatic N) is 1. The molecule has 15 heavy (non-hydrogen) atoms. The number of methoxy groups -OCH3 is 1. The summed E-state index contributed by atoms with van der Waals surface area (Å²) in [6, 6.07) is 0. The van der Waals surface area contributed by atoms with Gasteiger partial charge in [0.15, 0.2) is 0 Å². The number of allylic oxidation sites excluding steroid dienone is 1. The molecule has 0 N–H and O–H groups in total. The minimum atomic E-state index is -0.139. The molecule has 0 radical (unpaired) electrons. The smallest absolute Gasteiger partial charge is 0.253 e. The summed E-state index contributed by atoms with van der Waals surface area (Å²) in [7, 11) is 1.59. The van der Waals surface area contributed by atoms with E-state index in [1.165, 1.54) is 4.90 Å². The van der Waals surface area contributed by atoms with Gasteiger partial charge in [0.2, 0.25) is 0 Å². The third-order valence-corrected chi connectivity index (χ3v) is 1.95. The van der Waals surface area contributed by atoms with Gasteiger partial charge >= 0.3 is 0 Å². The van der Waals surface area contributed by atoms with Crippen molar-refractivity contribution in [3.63, 3.8) is 0 Å². The number of hydrogen-bond donors (Lipinski definition) is 0. The van der Waals surface area contributed by atoms with Gasteiger partial charge in [-0.2, -0.15) is 0 Å². The maximum Gasteiger partial charge on any atom is 0.253 e.